The summed E-state index contributed by atoms with van der Waals surface area (Å²) < 4.78 is 32.2. The summed E-state index contributed by atoms with van der Waals surface area (Å²) in [6, 6.07) is 8.70. The summed E-state index contributed by atoms with van der Waals surface area (Å²) >= 11 is 3.25. The van der Waals surface area contributed by atoms with Crippen molar-refractivity contribution in [3.05, 3.63) is 56.5 Å². The Hall–Kier alpha value is -2.13. The van der Waals surface area contributed by atoms with Gasteiger partial charge in [-0.3, -0.25) is 14.4 Å². The van der Waals surface area contributed by atoms with E-state index in [1.54, 1.807) is 0 Å². The molecule has 7 nitrogen and oxygen atoms in total. The molecule has 9 heteroatoms. The van der Waals surface area contributed by atoms with Crippen molar-refractivity contribution in [2.45, 2.75) is 11.8 Å². The van der Waals surface area contributed by atoms with Gasteiger partial charge in [0.25, 0.3) is 15.7 Å². The number of halogens is 1. The fourth-order valence-corrected chi connectivity index (χ4v) is 4.22. The fraction of sp³-hybridized carbons (Fsp3) is 0.200. The summed E-state index contributed by atoms with van der Waals surface area (Å²) in [6.07, 6.45) is 0. The van der Waals surface area contributed by atoms with Gasteiger partial charge in [-0.15, -0.1) is 0 Å². The van der Waals surface area contributed by atoms with Crippen molar-refractivity contribution in [3.63, 3.8) is 0 Å². The van der Waals surface area contributed by atoms with Gasteiger partial charge < -0.3 is 4.74 Å². The molecule has 2 rings (SSSR count). The number of ether oxygens (including phenoxy) is 1. The molecule has 0 saturated heterocycles. The Kier molecular flexibility index (Phi) is 5.14. The number of nitro benzene ring substituents is 1. The van der Waals surface area contributed by atoms with E-state index in [1.165, 1.54) is 57.5 Å². The highest BCUT2D eigenvalue weighted by Gasteiger charge is 2.26. The molecule has 0 bridgehead atoms. The van der Waals surface area contributed by atoms with E-state index in [4.69, 9.17) is 4.74 Å². The lowest BCUT2D eigenvalue weighted by Gasteiger charge is -2.21. The number of nitrogens with zero attached hydrogens (tertiary/aromatic N) is 2. The van der Waals surface area contributed by atoms with Crippen LogP contribution >= 0.6 is 15.9 Å². The van der Waals surface area contributed by atoms with Crippen LogP contribution in [0.4, 0.5) is 11.4 Å². The number of rotatable bonds is 5. The zero-order valence-corrected chi connectivity index (χ0v) is 15.6. The van der Waals surface area contributed by atoms with E-state index in [-0.39, 0.29) is 21.8 Å². The predicted octanol–water partition coefficient (Wildman–Crippen LogP) is 3.50. The van der Waals surface area contributed by atoms with E-state index in [0.717, 1.165) is 4.31 Å². The van der Waals surface area contributed by atoms with Gasteiger partial charge in [-0.05, 0) is 47.1 Å². The predicted molar refractivity (Wildman–Crippen MR) is 94.1 cm³/mol. The molecule has 2 aromatic carbocycles. The van der Waals surface area contributed by atoms with Gasteiger partial charge in [0, 0.05) is 13.1 Å². The number of hydrogen-bond donors (Lipinski definition) is 0. The van der Waals surface area contributed by atoms with Crippen LogP contribution < -0.4 is 9.04 Å². The standard InChI is InChI=1S/C15H15BrN2O5S/c1-10-13(5-4-6-14(10)18(19)20)17(2)24(21,22)11-7-8-15(23-3)12(16)9-11/h4-9H,1-3H3. The summed E-state index contributed by atoms with van der Waals surface area (Å²) in [4.78, 5) is 10.6. The van der Waals surface area contributed by atoms with E-state index in [1.807, 2.05) is 0 Å². The van der Waals surface area contributed by atoms with E-state index >= 15 is 0 Å². The number of methoxy groups -OCH3 is 1. The first-order valence-corrected chi connectivity index (χ1v) is 9.00. The molecule has 2 aromatic rings. The van der Waals surface area contributed by atoms with Crippen LogP contribution in [0.25, 0.3) is 0 Å². The van der Waals surface area contributed by atoms with Crippen molar-refractivity contribution in [1.82, 2.24) is 0 Å². The van der Waals surface area contributed by atoms with Crippen molar-refractivity contribution in [3.8, 4) is 5.75 Å². The van der Waals surface area contributed by atoms with E-state index in [9.17, 15) is 18.5 Å². The normalized spacial score (nSPS) is 11.2. The first-order valence-electron chi connectivity index (χ1n) is 6.76. The van der Waals surface area contributed by atoms with Gasteiger partial charge in [0.15, 0.2) is 0 Å². The average molecular weight is 415 g/mol. The minimum absolute atomic E-state index is 0.0450. The van der Waals surface area contributed by atoms with Crippen LogP contribution in [0.1, 0.15) is 5.56 Å². The molecule has 24 heavy (non-hydrogen) atoms. The molecule has 128 valence electrons. The molecule has 0 N–H and O–H groups in total. The van der Waals surface area contributed by atoms with Crippen molar-refractivity contribution in [1.29, 1.82) is 0 Å². The second-order valence-corrected chi connectivity index (χ2v) is 7.77. The Balaban J connectivity index is 2.52. The summed E-state index contributed by atoms with van der Waals surface area (Å²) in [5.74, 6) is 0.503. The number of sulfonamides is 1. The Morgan fingerprint density at radius 2 is 1.92 bits per heavy atom. The molecule has 0 atom stereocenters. The second-order valence-electron chi connectivity index (χ2n) is 4.95. The molecule has 0 aliphatic carbocycles. The van der Waals surface area contributed by atoms with Gasteiger partial charge in [0.05, 0.1) is 32.7 Å². The van der Waals surface area contributed by atoms with Crippen LogP contribution in [-0.4, -0.2) is 27.5 Å². The maximum Gasteiger partial charge on any atom is 0.274 e. The van der Waals surface area contributed by atoms with Crippen LogP contribution in [0.15, 0.2) is 45.8 Å². The molecule has 0 aliphatic rings. The van der Waals surface area contributed by atoms with Crippen molar-refractivity contribution in [2.24, 2.45) is 0 Å². The fourth-order valence-electron chi connectivity index (χ4n) is 2.25. The quantitative estimate of drug-likeness (QED) is 0.551. The van der Waals surface area contributed by atoms with Gasteiger partial charge in [-0.2, -0.15) is 0 Å². The number of benzene rings is 2. The largest absolute Gasteiger partial charge is 0.496 e. The minimum atomic E-state index is -3.88. The lowest BCUT2D eigenvalue weighted by atomic mass is 10.1. The zero-order valence-electron chi connectivity index (χ0n) is 13.2. The lowest BCUT2D eigenvalue weighted by Crippen LogP contribution is -2.27. The number of anilines is 1. The van der Waals surface area contributed by atoms with Gasteiger partial charge in [0.2, 0.25) is 0 Å². The Morgan fingerprint density at radius 3 is 2.46 bits per heavy atom. The highest BCUT2D eigenvalue weighted by molar-refractivity contribution is 9.10. The van der Waals surface area contributed by atoms with Gasteiger partial charge in [-0.25, -0.2) is 8.42 Å². The highest BCUT2D eigenvalue weighted by Crippen LogP contribution is 2.33. The molecule has 0 heterocycles. The van der Waals surface area contributed by atoms with Crippen molar-refractivity contribution < 1.29 is 18.1 Å². The third-order valence-corrected chi connectivity index (χ3v) is 5.98. The highest BCUT2D eigenvalue weighted by atomic mass is 79.9. The molecule has 0 aliphatic heterocycles. The summed E-state index contributed by atoms with van der Waals surface area (Å²) in [6.45, 7) is 1.52. The third-order valence-electron chi connectivity index (χ3n) is 3.59. The van der Waals surface area contributed by atoms with Gasteiger partial charge in [-0.1, -0.05) is 6.07 Å². The Labute approximate surface area is 148 Å². The molecule has 0 saturated carbocycles. The molecule has 0 radical (unpaired) electrons. The number of nitro groups is 1. The van der Waals surface area contributed by atoms with Crippen molar-refractivity contribution >= 4 is 37.3 Å². The molecular formula is C15H15BrN2O5S. The lowest BCUT2D eigenvalue weighted by molar-refractivity contribution is -0.385. The van der Waals surface area contributed by atoms with Gasteiger partial charge in [0.1, 0.15) is 5.75 Å². The van der Waals surface area contributed by atoms with Gasteiger partial charge >= 0.3 is 0 Å². The van der Waals surface area contributed by atoms with Crippen LogP contribution in [0.3, 0.4) is 0 Å². The second kappa shape index (κ2) is 6.78. The topological polar surface area (TPSA) is 89.8 Å². The first kappa shape index (κ1) is 18.2. The molecule has 0 spiro atoms. The molecule has 0 unspecified atom stereocenters. The Bertz CT molecular complexity index is 899. The average Bonchev–Trinajstić information content (AvgIpc) is 2.54. The Morgan fingerprint density at radius 1 is 1.25 bits per heavy atom. The number of hydrogen-bond acceptors (Lipinski definition) is 5. The maximum absolute atomic E-state index is 12.8. The third kappa shape index (κ3) is 3.22. The SMILES string of the molecule is COc1ccc(S(=O)(=O)N(C)c2cccc([N+](=O)[O-])c2C)cc1Br. The maximum atomic E-state index is 12.8. The minimum Gasteiger partial charge on any atom is -0.496 e. The van der Waals surface area contributed by atoms with Crippen LogP contribution in [0, 0.1) is 17.0 Å². The van der Waals surface area contributed by atoms with Crippen molar-refractivity contribution in [2.75, 3.05) is 18.5 Å². The van der Waals surface area contributed by atoms with E-state index in [2.05, 4.69) is 15.9 Å². The first-order chi connectivity index (χ1) is 11.2. The molecular weight excluding hydrogens is 400 g/mol. The van der Waals surface area contributed by atoms with E-state index in [0.29, 0.717) is 10.2 Å². The monoisotopic (exact) mass is 414 g/mol. The molecule has 0 aromatic heterocycles. The molecule has 0 fully saturated rings. The van der Waals surface area contributed by atoms with Crippen LogP contribution in [-0.2, 0) is 10.0 Å². The summed E-state index contributed by atoms with van der Waals surface area (Å²) in [5, 5.41) is 11.0. The van der Waals surface area contributed by atoms with E-state index < -0.39 is 14.9 Å². The molecule has 0 amide bonds. The summed E-state index contributed by atoms with van der Waals surface area (Å²) in [7, 11) is -1.04. The zero-order chi connectivity index (χ0) is 18.1. The summed E-state index contributed by atoms with van der Waals surface area (Å²) in [5.41, 5.74) is 0.391. The smallest absolute Gasteiger partial charge is 0.274 e. The van der Waals surface area contributed by atoms with Crippen LogP contribution in [0.5, 0.6) is 5.75 Å². The van der Waals surface area contributed by atoms with Crippen LogP contribution in [0.2, 0.25) is 0 Å².